The van der Waals surface area contributed by atoms with E-state index in [1.165, 1.54) is 13.8 Å². The molecule has 6 heteroatoms. The van der Waals surface area contributed by atoms with Gasteiger partial charge in [0.1, 0.15) is 0 Å². The second-order valence-electron chi connectivity index (χ2n) is 3.11. The summed E-state index contributed by atoms with van der Waals surface area (Å²) in [7, 11) is -3.49. The van der Waals surface area contributed by atoms with Crippen molar-refractivity contribution in [3.63, 3.8) is 0 Å². The molecule has 0 aromatic rings. The molecule has 0 radical (unpaired) electrons. The lowest BCUT2D eigenvalue weighted by molar-refractivity contribution is -0.124. The van der Waals surface area contributed by atoms with Crippen LogP contribution in [0.3, 0.4) is 0 Å². The van der Waals surface area contributed by atoms with Crippen LogP contribution in [0.2, 0.25) is 0 Å². The first-order chi connectivity index (χ1) is 5.75. The molecular formula is C7H16N2O3S. The zero-order valence-electron chi connectivity index (χ0n) is 8.12. The van der Waals surface area contributed by atoms with E-state index < -0.39 is 21.5 Å². The highest BCUT2D eigenvalue weighted by atomic mass is 32.2. The van der Waals surface area contributed by atoms with Crippen LogP contribution in [-0.2, 0) is 14.8 Å². The van der Waals surface area contributed by atoms with Crippen molar-refractivity contribution in [1.82, 2.24) is 4.72 Å². The molecule has 1 atom stereocenters. The van der Waals surface area contributed by atoms with Gasteiger partial charge < -0.3 is 5.73 Å². The zero-order valence-corrected chi connectivity index (χ0v) is 8.94. The molecule has 0 rings (SSSR count). The largest absolute Gasteiger partial charge is 0.318 e. The Balaban J connectivity index is 4.50. The monoisotopic (exact) mass is 208 g/mol. The van der Waals surface area contributed by atoms with Gasteiger partial charge in [-0.3, -0.25) is 9.52 Å². The number of carbonyl (C=O) groups is 1. The maximum Gasteiger partial charge on any atom is 0.253 e. The minimum Gasteiger partial charge on any atom is -0.318 e. The van der Waals surface area contributed by atoms with E-state index in [0.717, 1.165) is 0 Å². The SMILES string of the molecule is CCC(C)(N)C(=O)NS(=O)(=O)CC. The van der Waals surface area contributed by atoms with Gasteiger partial charge >= 0.3 is 0 Å². The Labute approximate surface area is 78.7 Å². The number of hydrogen-bond acceptors (Lipinski definition) is 4. The van der Waals surface area contributed by atoms with Crippen molar-refractivity contribution in [3.05, 3.63) is 0 Å². The Kier molecular flexibility index (Phi) is 3.87. The lowest BCUT2D eigenvalue weighted by atomic mass is 10.0. The predicted molar refractivity (Wildman–Crippen MR) is 50.5 cm³/mol. The van der Waals surface area contributed by atoms with Crippen molar-refractivity contribution < 1.29 is 13.2 Å². The average Bonchev–Trinajstić information content (AvgIpc) is 2.04. The van der Waals surface area contributed by atoms with Crippen molar-refractivity contribution in [3.8, 4) is 0 Å². The molecule has 5 nitrogen and oxygen atoms in total. The summed E-state index contributed by atoms with van der Waals surface area (Å²) in [6.45, 7) is 4.67. The molecule has 13 heavy (non-hydrogen) atoms. The molecule has 0 spiro atoms. The molecule has 1 unspecified atom stereocenters. The van der Waals surface area contributed by atoms with Crippen LogP contribution in [-0.4, -0.2) is 25.6 Å². The van der Waals surface area contributed by atoms with E-state index in [4.69, 9.17) is 5.73 Å². The average molecular weight is 208 g/mol. The van der Waals surface area contributed by atoms with E-state index >= 15 is 0 Å². The van der Waals surface area contributed by atoms with Gasteiger partial charge in [0.25, 0.3) is 5.91 Å². The molecule has 0 saturated heterocycles. The highest BCUT2D eigenvalue weighted by Crippen LogP contribution is 2.04. The second kappa shape index (κ2) is 4.06. The van der Waals surface area contributed by atoms with Gasteiger partial charge in [0.05, 0.1) is 11.3 Å². The van der Waals surface area contributed by atoms with Crippen LogP contribution in [0.1, 0.15) is 27.2 Å². The van der Waals surface area contributed by atoms with Crippen LogP contribution in [0.25, 0.3) is 0 Å². The van der Waals surface area contributed by atoms with Crippen molar-refractivity contribution >= 4 is 15.9 Å². The Morgan fingerprint density at radius 2 is 1.92 bits per heavy atom. The van der Waals surface area contributed by atoms with E-state index in [1.807, 2.05) is 4.72 Å². The van der Waals surface area contributed by atoms with Gasteiger partial charge in [-0.1, -0.05) is 6.92 Å². The van der Waals surface area contributed by atoms with Gasteiger partial charge in [0.2, 0.25) is 10.0 Å². The number of rotatable bonds is 4. The van der Waals surface area contributed by atoms with Crippen LogP contribution in [0.5, 0.6) is 0 Å². The summed E-state index contributed by atoms with van der Waals surface area (Å²) in [6.07, 6.45) is 0.387. The zero-order chi connectivity index (χ0) is 10.7. The Hall–Kier alpha value is -0.620. The first kappa shape index (κ1) is 12.4. The maximum absolute atomic E-state index is 11.3. The van der Waals surface area contributed by atoms with Gasteiger partial charge in [0, 0.05) is 0 Å². The molecule has 1 amide bonds. The van der Waals surface area contributed by atoms with Crippen LogP contribution in [0, 0.1) is 0 Å². The summed E-state index contributed by atoms with van der Waals surface area (Å²) in [5, 5.41) is 0. The highest BCUT2D eigenvalue weighted by Gasteiger charge is 2.28. The molecule has 0 aromatic heterocycles. The van der Waals surface area contributed by atoms with E-state index in [1.54, 1.807) is 6.92 Å². The fourth-order valence-corrected chi connectivity index (χ4v) is 1.15. The number of carbonyl (C=O) groups excluding carboxylic acids is 1. The summed E-state index contributed by atoms with van der Waals surface area (Å²) in [5.41, 5.74) is 4.42. The minimum atomic E-state index is -3.49. The van der Waals surface area contributed by atoms with Crippen LogP contribution < -0.4 is 10.5 Å². The lowest BCUT2D eigenvalue weighted by Crippen LogP contribution is -2.52. The summed E-state index contributed by atoms with van der Waals surface area (Å²) in [5.74, 6) is -0.782. The Morgan fingerprint density at radius 3 is 2.23 bits per heavy atom. The van der Waals surface area contributed by atoms with Gasteiger partial charge in [-0.25, -0.2) is 8.42 Å². The third kappa shape index (κ3) is 3.73. The summed E-state index contributed by atoms with van der Waals surface area (Å²) in [4.78, 5) is 11.3. The molecule has 0 aliphatic carbocycles. The number of amides is 1. The normalized spacial score (nSPS) is 16.3. The minimum absolute atomic E-state index is 0.126. The Bertz CT molecular complexity index is 282. The third-order valence-electron chi connectivity index (χ3n) is 1.88. The molecule has 0 aliphatic rings. The van der Waals surface area contributed by atoms with Crippen LogP contribution in [0.15, 0.2) is 0 Å². The third-order valence-corrected chi connectivity index (χ3v) is 3.14. The summed E-state index contributed by atoms with van der Waals surface area (Å²) < 4.78 is 23.9. The van der Waals surface area contributed by atoms with Crippen molar-refractivity contribution in [2.75, 3.05) is 5.75 Å². The summed E-state index contributed by atoms with van der Waals surface area (Å²) >= 11 is 0. The highest BCUT2D eigenvalue weighted by molar-refractivity contribution is 7.90. The number of nitrogens with one attached hydrogen (secondary N) is 1. The van der Waals surface area contributed by atoms with Gasteiger partial charge in [-0.15, -0.1) is 0 Å². The van der Waals surface area contributed by atoms with Gasteiger partial charge in [0.15, 0.2) is 0 Å². The van der Waals surface area contributed by atoms with E-state index in [-0.39, 0.29) is 5.75 Å². The predicted octanol–water partition coefficient (Wildman–Crippen LogP) is -0.420. The molecule has 0 heterocycles. The quantitative estimate of drug-likeness (QED) is 0.656. The number of sulfonamides is 1. The van der Waals surface area contributed by atoms with Crippen LogP contribution in [0.4, 0.5) is 0 Å². The fourth-order valence-electron chi connectivity index (χ4n) is 0.491. The first-order valence-electron chi connectivity index (χ1n) is 4.09. The molecular weight excluding hydrogens is 192 g/mol. The van der Waals surface area contributed by atoms with E-state index in [2.05, 4.69) is 0 Å². The molecule has 78 valence electrons. The molecule has 0 saturated carbocycles. The molecule has 0 bridgehead atoms. The Morgan fingerprint density at radius 1 is 1.46 bits per heavy atom. The maximum atomic E-state index is 11.3. The fraction of sp³-hybridized carbons (Fsp3) is 0.857. The summed E-state index contributed by atoms with van der Waals surface area (Å²) in [6, 6.07) is 0. The van der Waals surface area contributed by atoms with Crippen molar-refractivity contribution in [1.29, 1.82) is 0 Å². The smallest absolute Gasteiger partial charge is 0.253 e. The van der Waals surface area contributed by atoms with E-state index in [0.29, 0.717) is 6.42 Å². The van der Waals surface area contributed by atoms with E-state index in [9.17, 15) is 13.2 Å². The first-order valence-corrected chi connectivity index (χ1v) is 5.74. The number of hydrogen-bond donors (Lipinski definition) is 2. The molecule has 0 fully saturated rings. The topological polar surface area (TPSA) is 89.3 Å². The van der Waals surface area contributed by atoms with Crippen LogP contribution >= 0.6 is 0 Å². The standard InChI is InChI=1S/C7H16N2O3S/c1-4-7(3,8)6(10)9-13(11,12)5-2/h4-5,8H2,1-3H3,(H,9,10). The number of nitrogens with two attached hydrogens (primary N) is 1. The molecule has 0 aromatic carbocycles. The van der Waals surface area contributed by atoms with Crippen molar-refractivity contribution in [2.24, 2.45) is 5.73 Å². The molecule has 3 N–H and O–H groups in total. The van der Waals surface area contributed by atoms with Gasteiger partial charge in [-0.05, 0) is 20.3 Å². The molecule has 0 aliphatic heterocycles. The lowest BCUT2D eigenvalue weighted by Gasteiger charge is -2.20. The van der Waals surface area contributed by atoms with Gasteiger partial charge in [-0.2, -0.15) is 0 Å². The second-order valence-corrected chi connectivity index (χ2v) is 5.12. The van der Waals surface area contributed by atoms with Crippen molar-refractivity contribution in [2.45, 2.75) is 32.7 Å².